The molecular weight excluding hydrogens is 431 g/mol. The van der Waals surface area contributed by atoms with E-state index in [0.717, 1.165) is 25.3 Å². The van der Waals surface area contributed by atoms with Gasteiger partial charge in [0.1, 0.15) is 0 Å². The molecule has 2 fully saturated rings. The Morgan fingerprint density at radius 1 is 1.00 bits per heavy atom. The minimum Gasteiger partial charge on any atom is -0.376 e. The summed E-state index contributed by atoms with van der Waals surface area (Å²) >= 11 is 0. The van der Waals surface area contributed by atoms with Crippen molar-refractivity contribution in [3.8, 4) is 0 Å². The van der Waals surface area contributed by atoms with Gasteiger partial charge in [-0.2, -0.15) is 0 Å². The van der Waals surface area contributed by atoms with Gasteiger partial charge in [0, 0.05) is 25.6 Å². The zero-order chi connectivity index (χ0) is 17.0. The molecule has 6 nitrogen and oxygen atoms in total. The van der Waals surface area contributed by atoms with Crippen LogP contribution >= 0.6 is 24.0 Å². The first kappa shape index (κ1) is 22.5. The lowest BCUT2D eigenvalue weighted by Gasteiger charge is -2.15. The molecule has 2 aliphatic rings. The van der Waals surface area contributed by atoms with Crippen molar-refractivity contribution in [2.45, 2.75) is 64.4 Å². The summed E-state index contributed by atoms with van der Waals surface area (Å²) in [5, 5.41) is 9.43. The molecule has 0 aromatic heterocycles. The molecule has 146 valence electrons. The Kier molecular flexibility index (Phi) is 12.2. The van der Waals surface area contributed by atoms with Crippen LogP contribution in [0.3, 0.4) is 0 Å². The van der Waals surface area contributed by atoms with Crippen LogP contribution in [-0.2, 0) is 9.53 Å². The van der Waals surface area contributed by atoms with Gasteiger partial charge < -0.3 is 20.7 Å². The largest absolute Gasteiger partial charge is 0.376 e. The number of guanidine groups is 1. The fraction of sp³-hybridized carbons (Fsp3) is 0.889. The molecule has 0 aromatic carbocycles. The van der Waals surface area contributed by atoms with E-state index in [1.165, 1.54) is 38.5 Å². The third-order valence-electron chi connectivity index (χ3n) is 4.53. The van der Waals surface area contributed by atoms with Crippen molar-refractivity contribution in [2.24, 2.45) is 10.9 Å². The van der Waals surface area contributed by atoms with Crippen LogP contribution in [0.1, 0.15) is 58.3 Å². The van der Waals surface area contributed by atoms with Gasteiger partial charge in [0.15, 0.2) is 5.96 Å². The normalized spacial score (nSPS) is 18.8. The van der Waals surface area contributed by atoms with Crippen molar-refractivity contribution < 1.29 is 9.53 Å². The van der Waals surface area contributed by atoms with Crippen LogP contribution in [0.2, 0.25) is 0 Å². The minimum atomic E-state index is 0. The van der Waals surface area contributed by atoms with Gasteiger partial charge >= 0.3 is 0 Å². The lowest BCUT2D eigenvalue weighted by atomic mass is 10.1. The summed E-state index contributed by atoms with van der Waals surface area (Å²) < 4.78 is 5.96. The summed E-state index contributed by atoms with van der Waals surface area (Å²) in [7, 11) is 0. The number of carbonyl (C=O) groups is 1. The lowest BCUT2D eigenvalue weighted by Crippen LogP contribution is -2.42. The van der Waals surface area contributed by atoms with E-state index in [4.69, 9.17) is 4.74 Å². The second-order valence-corrected chi connectivity index (χ2v) is 6.74. The highest BCUT2D eigenvalue weighted by molar-refractivity contribution is 14.0. The number of carbonyl (C=O) groups excluding carboxylic acids is 1. The van der Waals surface area contributed by atoms with Crippen LogP contribution < -0.4 is 16.0 Å². The maximum Gasteiger partial charge on any atom is 0.223 e. The van der Waals surface area contributed by atoms with Gasteiger partial charge in [-0.3, -0.25) is 9.79 Å². The predicted molar refractivity (Wildman–Crippen MR) is 113 cm³/mol. The number of halogens is 1. The summed E-state index contributed by atoms with van der Waals surface area (Å²) in [6.07, 6.45) is 10.2. The van der Waals surface area contributed by atoms with Crippen molar-refractivity contribution in [1.82, 2.24) is 16.0 Å². The first-order valence-electron chi connectivity index (χ1n) is 9.71. The summed E-state index contributed by atoms with van der Waals surface area (Å²) in [6.45, 7) is 5.55. The topological polar surface area (TPSA) is 74.8 Å². The summed E-state index contributed by atoms with van der Waals surface area (Å²) in [5.41, 5.74) is 0. The smallest absolute Gasteiger partial charge is 0.223 e. The Morgan fingerprint density at radius 3 is 2.32 bits per heavy atom. The first-order valence-corrected chi connectivity index (χ1v) is 9.71. The van der Waals surface area contributed by atoms with Crippen LogP contribution in [0, 0.1) is 5.92 Å². The highest BCUT2D eigenvalue weighted by atomic mass is 127. The molecule has 2 rings (SSSR count). The molecule has 0 saturated heterocycles. The molecule has 7 heteroatoms. The Hall–Kier alpha value is -0.570. The van der Waals surface area contributed by atoms with Crippen molar-refractivity contribution >= 4 is 35.8 Å². The van der Waals surface area contributed by atoms with Gasteiger partial charge in [0.05, 0.1) is 19.3 Å². The summed E-state index contributed by atoms with van der Waals surface area (Å²) in [5.74, 6) is 1.26. The van der Waals surface area contributed by atoms with Crippen LogP contribution in [-0.4, -0.2) is 50.8 Å². The third kappa shape index (κ3) is 10.2. The molecule has 0 heterocycles. The van der Waals surface area contributed by atoms with Crippen LogP contribution in [0.5, 0.6) is 0 Å². The van der Waals surface area contributed by atoms with Gasteiger partial charge in [-0.15, -0.1) is 24.0 Å². The maximum atomic E-state index is 11.6. The fourth-order valence-electron chi connectivity index (χ4n) is 2.98. The van der Waals surface area contributed by atoms with E-state index < -0.39 is 0 Å². The highest BCUT2D eigenvalue weighted by Gasteiger charge is 2.28. The molecule has 3 N–H and O–H groups in total. The fourth-order valence-corrected chi connectivity index (χ4v) is 2.98. The molecule has 0 unspecified atom stereocenters. The van der Waals surface area contributed by atoms with E-state index in [0.29, 0.717) is 32.3 Å². The molecule has 0 radical (unpaired) electrons. The zero-order valence-corrected chi connectivity index (χ0v) is 17.8. The van der Waals surface area contributed by atoms with Crippen LogP contribution in [0.25, 0.3) is 0 Å². The van der Waals surface area contributed by atoms with Gasteiger partial charge in [0.2, 0.25) is 5.91 Å². The molecule has 0 atom stereocenters. The van der Waals surface area contributed by atoms with Gasteiger partial charge in [-0.25, -0.2) is 0 Å². The number of hydrogen-bond acceptors (Lipinski definition) is 3. The number of aliphatic imine (C=N–C) groups is 1. The molecule has 1 amide bonds. The van der Waals surface area contributed by atoms with E-state index in [9.17, 15) is 4.79 Å². The Morgan fingerprint density at radius 2 is 1.68 bits per heavy atom. The zero-order valence-electron chi connectivity index (χ0n) is 15.5. The molecule has 0 aromatic rings. The molecule has 0 spiro atoms. The van der Waals surface area contributed by atoms with Gasteiger partial charge in [-0.1, -0.05) is 25.7 Å². The Labute approximate surface area is 169 Å². The predicted octanol–water partition coefficient (Wildman–Crippen LogP) is 2.43. The molecular formula is C18H35IN4O2. The molecule has 0 aliphatic heterocycles. The van der Waals surface area contributed by atoms with Crippen LogP contribution in [0.15, 0.2) is 4.99 Å². The molecule has 25 heavy (non-hydrogen) atoms. The van der Waals surface area contributed by atoms with E-state index >= 15 is 0 Å². The van der Waals surface area contributed by atoms with Crippen molar-refractivity contribution in [2.75, 3.05) is 32.8 Å². The number of nitrogens with one attached hydrogen (secondary N) is 3. The standard InChI is InChI=1S/C18H34N4O2.HI/c1-2-19-18(21-12-11-20-17(23)15-9-10-15)22-13-14-24-16-7-5-3-4-6-8-16;/h15-16H,2-14H2,1H3,(H,20,23)(H2,19,21,22);1H. The average molecular weight is 466 g/mol. The number of hydrogen-bond donors (Lipinski definition) is 3. The second kappa shape index (κ2) is 13.6. The SMILES string of the molecule is CCNC(=NCCOC1CCCCCC1)NCCNC(=O)C1CC1.I. The lowest BCUT2D eigenvalue weighted by molar-refractivity contribution is -0.122. The first-order chi connectivity index (χ1) is 11.8. The highest BCUT2D eigenvalue weighted by Crippen LogP contribution is 2.28. The van der Waals surface area contributed by atoms with Crippen molar-refractivity contribution in [3.05, 3.63) is 0 Å². The van der Waals surface area contributed by atoms with E-state index in [-0.39, 0.29) is 35.8 Å². The summed E-state index contributed by atoms with van der Waals surface area (Å²) in [4.78, 5) is 16.1. The number of amides is 1. The van der Waals surface area contributed by atoms with E-state index in [1.54, 1.807) is 0 Å². The third-order valence-corrected chi connectivity index (χ3v) is 4.53. The number of rotatable bonds is 9. The molecule has 0 bridgehead atoms. The minimum absolute atomic E-state index is 0. The monoisotopic (exact) mass is 466 g/mol. The Bertz CT molecular complexity index is 395. The van der Waals surface area contributed by atoms with E-state index in [2.05, 4.69) is 20.9 Å². The Balaban J connectivity index is 0.00000312. The van der Waals surface area contributed by atoms with E-state index in [1.807, 2.05) is 6.92 Å². The van der Waals surface area contributed by atoms with Gasteiger partial charge in [0.25, 0.3) is 0 Å². The molecule has 2 saturated carbocycles. The number of ether oxygens (including phenoxy) is 1. The maximum absolute atomic E-state index is 11.6. The van der Waals surface area contributed by atoms with Gasteiger partial charge in [-0.05, 0) is 32.6 Å². The summed E-state index contributed by atoms with van der Waals surface area (Å²) in [6, 6.07) is 0. The van der Waals surface area contributed by atoms with Crippen molar-refractivity contribution in [1.29, 1.82) is 0 Å². The second-order valence-electron chi connectivity index (χ2n) is 6.74. The molecule has 2 aliphatic carbocycles. The quantitative estimate of drug-likeness (QED) is 0.161. The number of nitrogens with zero attached hydrogens (tertiary/aromatic N) is 1. The van der Waals surface area contributed by atoms with Crippen molar-refractivity contribution in [3.63, 3.8) is 0 Å². The van der Waals surface area contributed by atoms with Crippen LogP contribution in [0.4, 0.5) is 0 Å². The average Bonchev–Trinajstić information content (AvgIpc) is 3.42.